The maximum absolute atomic E-state index is 12.3. The van der Waals surface area contributed by atoms with Crippen LogP contribution >= 0.6 is 0 Å². The summed E-state index contributed by atoms with van der Waals surface area (Å²) in [4.78, 5) is 0. The molecule has 17 heavy (non-hydrogen) atoms. The van der Waals surface area contributed by atoms with Crippen molar-refractivity contribution >= 4 is 0 Å². The number of benzene rings is 1. The van der Waals surface area contributed by atoms with Crippen LogP contribution in [0.15, 0.2) is 12.1 Å². The molecule has 0 aliphatic heterocycles. The quantitative estimate of drug-likeness (QED) is 0.761. The topological polar surface area (TPSA) is 20.2 Å². The van der Waals surface area contributed by atoms with E-state index in [1.54, 1.807) is 0 Å². The van der Waals surface area contributed by atoms with Gasteiger partial charge in [0.05, 0.1) is 11.1 Å². The largest absolute Gasteiger partial charge is 0.507 e. The normalized spacial score (nSPS) is 12.9. The minimum atomic E-state index is -5.19. The van der Waals surface area contributed by atoms with Crippen molar-refractivity contribution in [2.24, 2.45) is 0 Å². The van der Waals surface area contributed by atoms with E-state index >= 15 is 0 Å². The van der Waals surface area contributed by atoms with E-state index in [9.17, 15) is 30.7 Å². The van der Waals surface area contributed by atoms with Crippen LogP contribution in [0.3, 0.4) is 0 Å². The average molecular weight is 262 g/mol. The number of rotatable bonds is 1. The monoisotopic (exact) mass is 262 g/mol. The number of hydrogen-bond acceptors (Lipinski definition) is 1. The maximum atomic E-state index is 12.3. The Labute approximate surface area is 90.5 Å². The number of halogens is 7. The van der Waals surface area contributed by atoms with Crippen molar-refractivity contribution in [2.45, 2.75) is 19.0 Å². The number of phenolic OH excluding ortho intramolecular Hbond substituents is 1. The fourth-order valence-corrected chi connectivity index (χ4v) is 1.20. The molecule has 0 bridgehead atoms. The van der Waals surface area contributed by atoms with Gasteiger partial charge in [0.1, 0.15) is 12.4 Å². The Hall–Kier alpha value is -1.47. The fraction of sp³-hybridized carbons (Fsp3) is 0.333. The summed E-state index contributed by atoms with van der Waals surface area (Å²) in [5.41, 5.74) is -4.61. The fourth-order valence-electron chi connectivity index (χ4n) is 1.20. The lowest BCUT2D eigenvalue weighted by Gasteiger charge is -2.15. The SMILES string of the molecule is Oc1c(C(F)(F)F)cc(CF)cc1C(F)(F)F. The van der Waals surface area contributed by atoms with Gasteiger partial charge in [-0.25, -0.2) is 4.39 Å². The van der Waals surface area contributed by atoms with Gasteiger partial charge < -0.3 is 5.11 Å². The van der Waals surface area contributed by atoms with Gasteiger partial charge in [0.25, 0.3) is 0 Å². The molecule has 0 unspecified atom stereocenters. The van der Waals surface area contributed by atoms with Crippen LogP contribution in [0.25, 0.3) is 0 Å². The van der Waals surface area contributed by atoms with Gasteiger partial charge in [-0.3, -0.25) is 0 Å². The summed E-state index contributed by atoms with van der Waals surface area (Å²) in [5.74, 6) is -1.94. The molecule has 8 heteroatoms. The van der Waals surface area contributed by atoms with Crippen LogP contribution in [0.2, 0.25) is 0 Å². The minimum Gasteiger partial charge on any atom is -0.507 e. The second-order valence-corrected chi connectivity index (χ2v) is 3.17. The van der Waals surface area contributed by atoms with E-state index in [-0.39, 0.29) is 12.1 Å². The molecule has 1 aromatic rings. The van der Waals surface area contributed by atoms with Crippen molar-refractivity contribution in [1.82, 2.24) is 0 Å². The molecule has 0 atom stereocenters. The molecule has 0 aliphatic rings. The molecular formula is C9H5F7O. The first kappa shape index (κ1) is 13.6. The highest BCUT2D eigenvalue weighted by atomic mass is 19.4. The summed E-state index contributed by atoms with van der Waals surface area (Å²) in [7, 11) is 0. The van der Waals surface area contributed by atoms with Gasteiger partial charge in [-0.1, -0.05) is 0 Å². The smallest absolute Gasteiger partial charge is 0.419 e. The first-order chi connectivity index (χ1) is 7.57. The molecule has 0 aromatic heterocycles. The number of aromatic hydroxyl groups is 1. The number of hydrogen-bond donors (Lipinski definition) is 1. The standard InChI is InChI=1S/C9H5F7O/c10-3-4-1-5(8(11,12)13)7(17)6(2-4)9(14,15)16/h1-2,17H,3H2. The summed E-state index contributed by atoms with van der Waals surface area (Å²) >= 11 is 0. The van der Waals surface area contributed by atoms with Crippen LogP contribution in [-0.2, 0) is 19.0 Å². The second-order valence-electron chi connectivity index (χ2n) is 3.17. The first-order valence-electron chi connectivity index (χ1n) is 4.13. The highest BCUT2D eigenvalue weighted by Gasteiger charge is 2.41. The Kier molecular flexibility index (Phi) is 3.26. The predicted molar refractivity (Wildman–Crippen MR) is 42.9 cm³/mol. The molecule has 0 saturated carbocycles. The Morgan fingerprint density at radius 1 is 0.882 bits per heavy atom. The van der Waals surface area contributed by atoms with E-state index in [1.807, 2.05) is 0 Å². The zero-order valence-corrected chi connectivity index (χ0v) is 7.95. The highest BCUT2D eigenvalue weighted by Crippen LogP contribution is 2.44. The van der Waals surface area contributed by atoms with E-state index in [4.69, 9.17) is 5.11 Å². The zero-order valence-electron chi connectivity index (χ0n) is 7.95. The maximum Gasteiger partial charge on any atom is 0.419 e. The van der Waals surface area contributed by atoms with E-state index in [0.29, 0.717) is 0 Å². The third-order valence-electron chi connectivity index (χ3n) is 1.93. The molecule has 96 valence electrons. The lowest BCUT2D eigenvalue weighted by molar-refractivity contribution is -0.145. The van der Waals surface area contributed by atoms with Gasteiger partial charge in [0.2, 0.25) is 0 Å². The van der Waals surface area contributed by atoms with Gasteiger partial charge in [-0.05, 0) is 17.7 Å². The molecule has 1 aromatic carbocycles. The summed E-state index contributed by atoms with van der Waals surface area (Å²) in [6.07, 6.45) is -10.4. The minimum absolute atomic E-state index is 0.143. The molecule has 0 fully saturated rings. The van der Waals surface area contributed by atoms with Gasteiger partial charge in [0.15, 0.2) is 0 Å². The van der Waals surface area contributed by atoms with Crippen molar-refractivity contribution in [3.05, 3.63) is 28.8 Å². The molecule has 0 radical (unpaired) electrons. The zero-order chi connectivity index (χ0) is 13.4. The Morgan fingerprint density at radius 2 is 1.24 bits per heavy atom. The molecule has 1 nitrogen and oxygen atoms in total. The summed E-state index contributed by atoms with van der Waals surface area (Å²) < 4.78 is 85.9. The first-order valence-corrected chi connectivity index (χ1v) is 4.13. The average Bonchev–Trinajstić information content (AvgIpc) is 2.14. The second kappa shape index (κ2) is 4.08. The third kappa shape index (κ3) is 2.80. The van der Waals surface area contributed by atoms with Crippen LogP contribution in [-0.4, -0.2) is 5.11 Å². The van der Waals surface area contributed by atoms with E-state index < -0.39 is 41.5 Å². The predicted octanol–water partition coefficient (Wildman–Crippen LogP) is 3.90. The van der Waals surface area contributed by atoms with Crippen molar-refractivity contribution < 1.29 is 35.8 Å². The van der Waals surface area contributed by atoms with Gasteiger partial charge in [0, 0.05) is 0 Å². The molecule has 0 aliphatic carbocycles. The van der Waals surface area contributed by atoms with E-state index in [0.717, 1.165) is 0 Å². The summed E-state index contributed by atoms with van der Waals surface area (Å²) in [5, 5.41) is 8.92. The van der Waals surface area contributed by atoms with E-state index in [2.05, 4.69) is 0 Å². The Balaban J connectivity index is 3.53. The molecule has 1 rings (SSSR count). The molecule has 0 spiro atoms. The molecular weight excluding hydrogens is 257 g/mol. The molecule has 0 saturated heterocycles. The molecule has 0 heterocycles. The lowest BCUT2D eigenvalue weighted by atomic mass is 10.0. The van der Waals surface area contributed by atoms with E-state index in [1.165, 1.54) is 0 Å². The lowest BCUT2D eigenvalue weighted by Crippen LogP contribution is -2.12. The molecule has 1 N–H and O–H groups in total. The Bertz CT molecular complexity index is 383. The third-order valence-corrected chi connectivity index (χ3v) is 1.93. The van der Waals surface area contributed by atoms with Crippen LogP contribution in [0.5, 0.6) is 5.75 Å². The van der Waals surface area contributed by atoms with Gasteiger partial charge >= 0.3 is 12.4 Å². The van der Waals surface area contributed by atoms with Gasteiger partial charge in [-0.15, -0.1) is 0 Å². The summed E-state index contributed by atoms with van der Waals surface area (Å²) in [6, 6.07) is 0.287. The number of alkyl halides is 7. The van der Waals surface area contributed by atoms with Crippen LogP contribution in [0.4, 0.5) is 30.7 Å². The van der Waals surface area contributed by atoms with Crippen molar-refractivity contribution in [2.75, 3.05) is 0 Å². The van der Waals surface area contributed by atoms with Crippen molar-refractivity contribution in [3.8, 4) is 5.75 Å². The van der Waals surface area contributed by atoms with Crippen LogP contribution in [0.1, 0.15) is 16.7 Å². The summed E-state index contributed by atoms with van der Waals surface area (Å²) in [6.45, 7) is -1.49. The number of phenols is 1. The van der Waals surface area contributed by atoms with Crippen molar-refractivity contribution in [3.63, 3.8) is 0 Å². The highest BCUT2D eigenvalue weighted by molar-refractivity contribution is 5.46. The molecule has 0 amide bonds. The van der Waals surface area contributed by atoms with Crippen LogP contribution in [0, 0.1) is 0 Å². The van der Waals surface area contributed by atoms with Crippen LogP contribution < -0.4 is 0 Å². The van der Waals surface area contributed by atoms with Gasteiger partial charge in [-0.2, -0.15) is 26.3 Å². The van der Waals surface area contributed by atoms with Crippen molar-refractivity contribution in [1.29, 1.82) is 0 Å². The Morgan fingerprint density at radius 3 is 1.47 bits per heavy atom.